The summed E-state index contributed by atoms with van der Waals surface area (Å²) >= 11 is 12.4. The van der Waals surface area contributed by atoms with E-state index in [9.17, 15) is 0 Å². The van der Waals surface area contributed by atoms with Crippen LogP contribution in [-0.4, -0.2) is 35.3 Å². The molecule has 2 heterocycles. The predicted octanol–water partition coefficient (Wildman–Crippen LogP) is 3.38. The van der Waals surface area contributed by atoms with Gasteiger partial charge >= 0.3 is 0 Å². The van der Waals surface area contributed by atoms with E-state index in [1.165, 1.54) is 0 Å². The molecular weight excluding hydrogens is 323 g/mol. The molecule has 2 aliphatic heterocycles. The minimum absolute atomic E-state index is 0.0339. The van der Waals surface area contributed by atoms with E-state index in [1.54, 1.807) is 12.3 Å². The molecule has 0 spiro atoms. The zero-order valence-corrected chi connectivity index (χ0v) is 13.3. The van der Waals surface area contributed by atoms with E-state index in [0.717, 1.165) is 5.56 Å². The summed E-state index contributed by atoms with van der Waals surface area (Å²) in [5.74, 6) is 0.647. The van der Waals surface area contributed by atoms with Gasteiger partial charge in [-0.2, -0.15) is 0 Å². The standard InChI is InChI=1S/C16H16Cl2N2O2/c17-12-8-13(18)16-19-14(11-4-2-1-3-5-11)9-15(20(16)10-12)22-7-6-21/h1-5,8,10,14-15,21H,6-7,9H2. The van der Waals surface area contributed by atoms with Gasteiger partial charge in [0.1, 0.15) is 12.1 Å². The van der Waals surface area contributed by atoms with Gasteiger partial charge in [-0.3, -0.25) is 4.99 Å². The van der Waals surface area contributed by atoms with Crippen molar-refractivity contribution in [3.63, 3.8) is 0 Å². The predicted molar refractivity (Wildman–Crippen MR) is 87.8 cm³/mol. The third kappa shape index (κ3) is 3.20. The second-order valence-corrected chi connectivity index (χ2v) is 5.92. The molecule has 3 rings (SSSR count). The fraction of sp³-hybridized carbons (Fsp3) is 0.312. The summed E-state index contributed by atoms with van der Waals surface area (Å²) < 4.78 is 5.76. The molecule has 0 radical (unpaired) electrons. The Balaban J connectivity index is 1.95. The number of halogens is 2. The second-order valence-electron chi connectivity index (χ2n) is 5.08. The van der Waals surface area contributed by atoms with Crippen molar-refractivity contribution >= 4 is 29.0 Å². The molecule has 0 saturated heterocycles. The Hall–Kier alpha value is -1.33. The van der Waals surface area contributed by atoms with Crippen LogP contribution < -0.4 is 0 Å². The molecule has 1 aromatic carbocycles. The number of ether oxygens (including phenoxy) is 1. The van der Waals surface area contributed by atoms with E-state index in [-0.39, 0.29) is 25.5 Å². The lowest BCUT2D eigenvalue weighted by Crippen LogP contribution is -2.44. The Labute approximate surface area is 139 Å². The Morgan fingerprint density at radius 3 is 2.77 bits per heavy atom. The minimum Gasteiger partial charge on any atom is -0.394 e. The van der Waals surface area contributed by atoms with Crippen LogP contribution in [0, 0.1) is 0 Å². The highest BCUT2D eigenvalue weighted by Gasteiger charge is 2.34. The van der Waals surface area contributed by atoms with E-state index < -0.39 is 0 Å². The number of hydrogen-bond donors (Lipinski definition) is 1. The van der Waals surface area contributed by atoms with Gasteiger partial charge in [-0.05, 0) is 11.6 Å². The summed E-state index contributed by atoms with van der Waals surface area (Å²) in [4.78, 5) is 6.58. The van der Waals surface area contributed by atoms with Crippen LogP contribution in [0.4, 0.5) is 0 Å². The summed E-state index contributed by atoms with van der Waals surface area (Å²) in [6.45, 7) is 0.219. The van der Waals surface area contributed by atoms with Crippen LogP contribution in [-0.2, 0) is 4.74 Å². The maximum atomic E-state index is 9.03. The Morgan fingerprint density at radius 2 is 2.05 bits per heavy atom. The lowest BCUT2D eigenvalue weighted by molar-refractivity contribution is -0.0366. The van der Waals surface area contributed by atoms with Crippen LogP contribution in [0.5, 0.6) is 0 Å². The molecule has 0 bridgehead atoms. The van der Waals surface area contributed by atoms with Crippen LogP contribution >= 0.6 is 23.2 Å². The van der Waals surface area contributed by atoms with Gasteiger partial charge < -0.3 is 14.7 Å². The molecule has 2 unspecified atom stereocenters. The van der Waals surface area contributed by atoms with E-state index >= 15 is 0 Å². The molecule has 116 valence electrons. The molecule has 6 heteroatoms. The molecule has 2 aliphatic rings. The molecule has 1 N–H and O–H groups in total. The first-order chi connectivity index (χ1) is 10.7. The summed E-state index contributed by atoms with van der Waals surface area (Å²) in [6.07, 6.45) is 3.84. The number of aliphatic hydroxyl groups excluding tert-OH is 1. The fourth-order valence-corrected chi connectivity index (χ4v) is 3.15. The Bertz CT molecular complexity index is 628. The summed E-state index contributed by atoms with van der Waals surface area (Å²) in [6, 6.07) is 9.99. The highest BCUT2D eigenvalue weighted by Crippen LogP contribution is 2.35. The smallest absolute Gasteiger partial charge is 0.149 e. The molecule has 0 saturated carbocycles. The molecule has 4 nitrogen and oxygen atoms in total. The summed E-state index contributed by atoms with van der Waals surface area (Å²) in [5, 5.41) is 10.0. The first-order valence-electron chi connectivity index (χ1n) is 7.07. The molecule has 1 aromatic rings. The Morgan fingerprint density at radius 1 is 1.27 bits per heavy atom. The molecular formula is C16H16Cl2N2O2. The maximum Gasteiger partial charge on any atom is 0.149 e. The van der Waals surface area contributed by atoms with E-state index in [1.807, 2.05) is 35.2 Å². The van der Waals surface area contributed by atoms with E-state index in [2.05, 4.69) is 0 Å². The number of aliphatic hydroxyl groups is 1. The van der Waals surface area contributed by atoms with Crippen LogP contribution in [0.1, 0.15) is 18.0 Å². The minimum atomic E-state index is -0.263. The molecule has 0 amide bonds. The largest absolute Gasteiger partial charge is 0.394 e. The third-order valence-electron chi connectivity index (χ3n) is 3.58. The number of rotatable bonds is 4. The van der Waals surface area contributed by atoms with Crippen molar-refractivity contribution in [1.29, 1.82) is 0 Å². The average Bonchev–Trinajstić information content (AvgIpc) is 2.53. The number of allylic oxidation sites excluding steroid dienone is 2. The first kappa shape index (κ1) is 15.6. The second kappa shape index (κ2) is 6.84. The van der Waals surface area contributed by atoms with Crippen molar-refractivity contribution in [2.75, 3.05) is 13.2 Å². The lowest BCUT2D eigenvalue weighted by atomic mass is 10.0. The van der Waals surface area contributed by atoms with E-state index in [0.29, 0.717) is 22.3 Å². The maximum absolute atomic E-state index is 9.03. The van der Waals surface area contributed by atoms with E-state index in [4.69, 9.17) is 38.0 Å². The lowest BCUT2D eigenvalue weighted by Gasteiger charge is -2.38. The van der Waals surface area contributed by atoms with Crippen LogP contribution in [0.25, 0.3) is 0 Å². The van der Waals surface area contributed by atoms with Crippen molar-refractivity contribution in [3.05, 3.63) is 58.2 Å². The number of nitrogens with zero attached hydrogens (tertiary/aromatic N) is 2. The number of amidine groups is 1. The SMILES string of the molecule is OCCOC1CC(c2ccccc2)N=C2C(Cl)=CC(Cl)=CN21. The first-order valence-corrected chi connectivity index (χ1v) is 7.83. The molecule has 22 heavy (non-hydrogen) atoms. The van der Waals surface area contributed by atoms with Crippen molar-refractivity contribution in [2.45, 2.75) is 18.7 Å². The Kier molecular flexibility index (Phi) is 4.84. The van der Waals surface area contributed by atoms with Gasteiger partial charge in [0, 0.05) is 12.6 Å². The van der Waals surface area contributed by atoms with Gasteiger partial charge in [0.05, 0.1) is 29.3 Å². The molecule has 0 aromatic heterocycles. The van der Waals surface area contributed by atoms with Crippen LogP contribution in [0.3, 0.4) is 0 Å². The summed E-state index contributed by atoms with van der Waals surface area (Å²) in [5.41, 5.74) is 1.11. The average molecular weight is 339 g/mol. The zero-order chi connectivity index (χ0) is 15.5. The summed E-state index contributed by atoms with van der Waals surface area (Å²) in [7, 11) is 0. The van der Waals surface area contributed by atoms with Gasteiger partial charge in [0.25, 0.3) is 0 Å². The van der Waals surface area contributed by atoms with Crippen molar-refractivity contribution < 1.29 is 9.84 Å². The monoisotopic (exact) mass is 338 g/mol. The van der Waals surface area contributed by atoms with Gasteiger partial charge in [-0.15, -0.1) is 0 Å². The molecule has 2 atom stereocenters. The highest BCUT2D eigenvalue weighted by molar-refractivity contribution is 6.45. The number of benzene rings is 1. The number of hydrogen-bond acceptors (Lipinski definition) is 4. The quantitative estimate of drug-likeness (QED) is 0.915. The van der Waals surface area contributed by atoms with Crippen molar-refractivity contribution in [1.82, 2.24) is 4.90 Å². The van der Waals surface area contributed by atoms with Crippen molar-refractivity contribution in [3.8, 4) is 0 Å². The zero-order valence-electron chi connectivity index (χ0n) is 11.8. The van der Waals surface area contributed by atoms with Crippen LogP contribution in [0.2, 0.25) is 0 Å². The number of aliphatic imine (C=N–C) groups is 1. The topological polar surface area (TPSA) is 45.1 Å². The van der Waals surface area contributed by atoms with Gasteiger partial charge in [-0.25, -0.2) is 0 Å². The van der Waals surface area contributed by atoms with Gasteiger partial charge in [0.15, 0.2) is 0 Å². The van der Waals surface area contributed by atoms with Crippen LogP contribution in [0.15, 0.2) is 57.7 Å². The van der Waals surface area contributed by atoms with Gasteiger partial charge in [-0.1, -0.05) is 53.5 Å². The molecule has 0 fully saturated rings. The van der Waals surface area contributed by atoms with Gasteiger partial charge in [0.2, 0.25) is 0 Å². The number of fused-ring (bicyclic) bond motifs is 1. The fourth-order valence-electron chi connectivity index (χ4n) is 2.62. The molecule has 0 aliphatic carbocycles. The normalized spacial score (nSPS) is 24.3. The third-order valence-corrected chi connectivity index (χ3v) is 4.07. The highest BCUT2D eigenvalue weighted by atomic mass is 35.5. The van der Waals surface area contributed by atoms with Crippen molar-refractivity contribution in [2.24, 2.45) is 4.99 Å².